The second kappa shape index (κ2) is 6.38. The van der Waals surface area contributed by atoms with Gasteiger partial charge in [-0.1, -0.05) is 35.5 Å². The van der Waals surface area contributed by atoms with Gasteiger partial charge in [0, 0.05) is 0 Å². The van der Waals surface area contributed by atoms with Crippen molar-refractivity contribution in [1.82, 2.24) is 0 Å². The van der Waals surface area contributed by atoms with E-state index < -0.39 is 5.97 Å². The number of oxime groups is 1. The first-order valence-corrected chi connectivity index (χ1v) is 5.89. The number of esters is 1. The smallest absolute Gasteiger partial charge is 0.360 e. The number of benzene rings is 2. The minimum Gasteiger partial charge on any atom is -0.464 e. The van der Waals surface area contributed by atoms with E-state index in [1.165, 1.54) is 7.11 Å². The van der Waals surface area contributed by atoms with Crippen LogP contribution in [0, 0.1) is 0 Å². The highest BCUT2D eigenvalue weighted by atomic mass is 16.5. The van der Waals surface area contributed by atoms with E-state index in [0.717, 1.165) is 0 Å². The number of para-hydroxylation sites is 2. The average molecular weight is 271 g/mol. The van der Waals surface area contributed by atoms with Gasteiger partial charge in [0.15, 0.2) is 5.71 Å². The normalized spacial score (nSPS) is 10.9. The maximum atomic E-state index is 11.6. The predicted molar refractivity (Wildman–Crippen MR) is 73.3 cm³/mol. The van der Waals surface area contributed by atoms with Gasteiger partial charge in [-0.15, -0.1) is 0 Å². The number of hydrogen-bond donors (Lipinski definition) is 1. The molecule has 0 saturated heterocycles. The van der Waals surface area contributed by atoms with Crippen molar-refractivity contribution in [3.63, 3.8) is 0 Å². The summed E-state index contributed by atoms with van der Waals surface area (Å²) >= 11 is 0. The topological polar surface area (TPSA) is 68.1 Å². The van der Waals surface area contributed by atoms with Crippen molar-refractivity contribution in [2.75, 3.05) is 7.11 Å². The first-order chi connectivity index (χ1) is 9.76. The molecule has 0 fully saturated rings. The van der Waals surface area contributed by atoms with Gasteiger partial charge in [0.05, 0.1) is 12.7 Å². The third-order valence-corrected chi connectivity index (χ3v) is 2.59. The van der Waals surface area contributed by atoms with Gasteiger partial charge in [-0.3, -0.25) is 0 Å². The second-order valence-corrected chi connectivity index (χ2v) is 3.85. The monoisotopic (exact) mass is 271 g/mol. The van der Waals surface area contributed by atoms with Gasteiger partial charge in [0.25, 0.3) is 0 Å². The van der Waals surface area contributed by atoms with Crippen LogP contribution in [0.1, 0.15) is 5.56 Å². The standard InChI is InChI=1S/C15H13NO4/c1-19-15(17)14(16-18)12-9-5-6-10-13(12)20-11-7-3-2-4-8-11/h2-10,18H,1H3. The quantitative estimate of drug-likeness (QED) is 0.402. The minimum atomic E-state index is -0.739. The highest BCUT2D eigenvalue weighted by Crippen LogP contribution is 2.25. The van der Waals surface area contributed by atoms with Crippen molar-refractivity contribution in [2.45, 2.75) is 0 Å². The summed E-state index contributed by atoms with van der Waals surface area (Å²) in [7, 11) is 1.22. The fourth-order valence-corrected chi connectivity index (χ4v) is 1.67. The zero-order chi connectivity index (χ0) is 14.4. The molecule has 0 heterocycles. The molecule has 0 radical (unpaired) electrons. The Morgan fingerprint density at radius 1 is 1.05 bits per heavy atom. The van der Waals surface area contributed by atoms with Crippen LogP contribution in [0.5, 0.6) is 11.5 Å². The van der Waals surface area contributed by atoms with Crippen LogP contribution in [-0.4, -0.2) is 24.0 Å². The zero-order valence-electron chi connectivity index (χ0n) is 10.8. The Balaban J connectivity index is 2.38. The van der Waals surface area contributed by atoms with E-state index in [1.807, 2.05) is 18.2 Å². The van der Waals surface area contributed by atoms with Gasteiger partial charge in [-0.05, 0) is 24.3 Å². The molecule has 5 heteroatoms. The van der Waals surface area contributed by atoms with Gasteiger partial charge in [-0.25, -0.2) is 4.79 Å². The summed E-state index contributed by atoms with van der Waals surface area (Å²) < 4.78 is 10.3. The summed E-state index contributed by atoms with van der Waals surface area (Å²) in [4.78, 5) is 11.6. The van der Waals surface area contributed by atoms with Crippen LogP contribution in [-0.2, 0) is 9.53 Å². The van der Waals surface area contributed by atoms with E-state index in [9.17, 15) is 4.79 Å². The average Bonchev–Trinajstić information content (AvgIpc) is 2.50. The largest absolute Gasteiger partial charge is 0.464 e. The summed E-state index contributed by atoms with van der Waals surface area (Å²) in [5.41, 5.74) is 0.143. The fourth-order valence-electron chi connectivity index (χ4n) is 1.67. The Labute approximate surface area is 116 Å². The van der Waals surface area contributed by atoms with Gasteiger partial charge in [0.2, 0.25) is 0 Å². The maximum Gasteiger partial charge on any atom is 0.360 e. The molecule has 20 heavy (non-hydrogen) atoms. The zero-order valence-corrected chi connectivity index (χ0v) is 10.8. The lowest BCUT2D eigenvalue weighted by Crippen LogP contribution is -2.17. The van der Waals surface area contributed by atoms with E-state index in [2.05, 4.69) is 9.89 Å². The molecule has 0 saturated carbocycles. The molecule has 0 unspecified atom stereocenters. The highest BCUT2D eigenvalue weighted by Gasteiger charge is 2.19. The Bertz CT molecular complexity index is 623. The number of carbonyl (C=O) groups excluding carboxylic acids is 1. The molecule has 0 spiro atoms. The number of carbonyl (C=O) groups is 1. The molecular weight excluding hydrogens is 258 g/mol. The van der Waals surface area contributed by atoms with Crippen molar-refractivity contribution < 1.29 is 19.5 Å². The number of hydrogen-bond acceptors (Lipinski definition) is 5. The van der Waals surface area contributed by atoms with Gasteiger partial charge in [0.1, 0.15) is 11.5 Å². The van der Waals surface area contributed by atoms with Crippen LogP contribution in [0.4, 0.5) is 0 Å². The summed E-state index contributed by atoms with van der Waals surface area (Å²) in [6, 6.07) is 15.9. The third-order valence-electron chi connectivity index (χ3n) is 2.59. The van der Waals surface area contributed by atoms with Crippen molar-refractivity contribution in [1.29, 1.82) is 0 Å². The molecule has 0 amide bonds. The van der Waals surface area contributed by atoms with E-state index in [1.54, 1.807) is 36.4 Å². The highest BCUT2D eigenvalue weighted by molar-refractivity contribution is 6.43. The number of ether oxygens (including phenoxy) is 2. The summed E-state index contributed by atoms with van der Waals surface area (Å²) in [5, 5.41) is 12.0. The van der Waals surface area contributed by atoms with E-state index in [4.69, 9.17) is 9.94 Å². The van der Waals surface area contributed by atoms with Crippen LogP contribution in [0.25, 0.3) is 0 Å². The first kappa shape index (κ1) is 13.6. The van der Waals surface area contributed by atoms with E-state index in [0.29, 0.717) is 17.1 Å². The van der Waals surface area contributed by atoms with Gasteiger partial charge in [-0.2, -0.15) is 0 Å². The van der Waals surface area contributed by atoms with Crippen LogP contribution < -0.4 is 4.74 Å². The molecule has 2 rings (SSSR count). The van der Waals surface area contributed by atoms with Crippen LogP contribution >= 0.6 is 0 Å². The molecule has 5 nitrogen and oxygen atoms in total. The van der Waals surface area contributed by atoms with E-state index >= 15 is 0 Å². The van der Waals surface area contributed by atoms with Gasteiger partial charge >= 0.3 is 5.97 Å². The van der Waals surface area contributed by atoms with Gasteiger partial charge < -0.3 is 14.7 Å². The predicted octanol–water partition coefficient (Wildman–Crippen LogP) is 2.83. The SMILES string of the molecule is COC(=O)C(=NO)c1ccccc1Oc1ccccc1. The van der Waals surface area contributed by atoms with Crippen LogP contribution in [0.2, 0.25) is 0 Å². The van der Waals surface area contributed by atoms with Crippen molar-refractivity contribution in [2.24, 2.45) is 5.16 Å². The minimum absolute atomic E-state index is 0.209. The summed E-state index contributed by atoms with van der Waals surface area (Å²) in [5.74, 6) is 0.274. The lowest BCUT2D eigenvalue weighted by atomic mass is 10.1. The van der Waals surface area contributed by atoms with Crippen LogP contribution in [0.3, 0.4) is 0 Å². The molecule has 1 N–H and O–H groups in total. The number of nitrogens with zero attached hydrogens (tertiary/aromatic N) is 1. The molecule has 0 atom stereocenters. The maximum absolute atomic E-state index is 11.6. The second-order valence-electron chi connectivity index (χ2n) is 3.85. The Morgan fingerprint density at radius 3 is 2.35 bits per heavy atom. The summed E-state index contributed by atoms with van der Waals surface area (Å²) in [6.07, 6.45) is 0. The Kier molecular flexibility index (Phi) is 4.34. The van der Waals surface area contributed by atoms with Crippen LogP contribution in [0.15, 0.2) is 59.8 Å². The third kappa shape index (κ3) is 2.95. The molecule has 0 bridgehead atoms. The Hall–Kier alpha value is -2.82. The summed E-state index contributed by atoms with van der Waals surface area (Å²) in [6.45, 7) is 0. The number of rotatable bonds is 4. The molecule has 0 aromatic heterocycles. The van der Waals surface area contributed by atoms with Crippen molar-refractivity contribution >= 4 is 11.7 Å². The molecule has 0 aliphatic heterocycles. The lowest BCUT2D eigenvalue weighted by molar-refractivity contribution is -0.132. The molecular formula is C15H13NO4. The van der Waals surface area contributed by atoms with Crippen molar-refractivity contribution in [3.8, 4) is 11.5 Å². The molecule has 0 aliphatic carbocycles. The molecule has 102 valence electrons. The fraction of sp³-hybridized carbons (Fsp3) is 0.0667. The molecule has 2 aromatic carbocycles. The van der Waals surface area contributed by atoms with E-state index in [-0.39, 0.29) is 5.71 Å². The Morgan fingerprint density at radius 2 is 1.70 bits per heavy atom. The lowest BCUT2D eigenvalue weighted by Gasteiger charge is -2.10. The molecule has 2 aromatic rings. The number of methoxy groups -OCH3 is 1. The van der Waals surface area contributed by atoms with Crippen molar-refractivity contribution in [3.05, 3.63) is 60.2 Å². The molecule has 0 aliphatic rings. The first-order valence-electron chi connectivity index (χ1n) is 5.89.